The van der Waals surface area contributed by atoms with Crippen LogP contribution in [-0.2, 0) is 28.7 Å². The van der Waals surface area contributed by atoms with E-state index in [4.69, 9.17) is 4.74 Å². The Morgan fingerprint density at radius 3 is 2.56 bits per heavy atom. The maximum atomic E-state index is 13.4. The van der Waals surface area contributed by atoms with Gasteiger partial charge >= 0.3 is 6.18 Å². The van der Waals surface area contributed by atoms with E-state index in [1.165, 1.54) is 25.3 Å². The van der Waals surface area contributed by atoms with E-state index in [-0.39, 0.29) is 36.3 Å². The Labute approximate surface area is 182 Å². The van der Waals surface area contributed by atoms with Gasteiger partial charge in [-0.3, -0.25) is 4.79 Å². The van der Waals surface area contributed by atoms with Crippen LogP contribution in [0.25, 0.3) is 11.0 Å². The number of hydrogen-bond acceptors (Lipinski definition) is 3. The van der Waals surface area contributed by atoms with E-state index in [2.05, 4.69) is 4.98 Å². The SMILES string of the molecule is COCc1nc2cc(C(F)(F)F)ccc2n1C1CCN(C(=O)Cc2cccc(F)c2)CC1. The van der Waals surface area contributed by atoms with Crippen molar-refractivity contribution in [3.8, 4) is 0 Å². The summed E-state index contributed by atoms with van der Waals surface area (Å²) in [5, 5.41) is 0. The lowest BCUT2D eigenvalue weighted by Crippen LogP contribution is -2.40. The predicted molar refractivity (Wildman–Crippen MR) is 110 cm³/mol. The molecule has 1 aromatic heterocycles. The number of methoxy groups -OCH3 is 1. The van der Waals surface area contributed by atoms with Crippen LogP contribution in [0, 0.1) is 5.82 Å². The molecule has 0 unspecified atom stereocenters. The topological polar surface area (TPSA) is 47.4 Å². The van der Waals surface area contributed by atoms with E-state index in [9.17, 15) is 22.4 Å². The maximum Gasteiger partial charge on any atom is 0.416 e. The largest absolute Gasteiger partial charge is 0.416 e. The minimum Gasteiger partial charge on any atom is -0.377 e. The summed E-state index contributed by atoms with van der Waals surface area (Å²) in [6, 6.07) is 9.55. The Hall–Kier alpha value is -2.94. The Balaban J connectivity index is 1.51. The van der Waals surface area contributed by atoms with Gasteiger partial charge in [0.1, 0.15) is 18.2 Å². The number of fused-ring (bicyclic) bond motifs is 1. The van der Waals surface area contributed by atoms with Crippen LogP contribution in [0.1, 0.15) is 35.8 Å². The van der Waals surface area contributed by atoms with Crippen molar-refractivity contribution in [3.63, 3.8) is 0 Å². The van der Waals surface area contributed by atoms with Crippen LogP contribution in [-0.4, -0.2) is 40.6 Å². The van der Waals surface area contributed by atoms with E-state index in [1.807, 2.05) is 4.57 Å². The first-order chi connectivity index (χ1) is 15.3. The third kappa shape index (κ3) is 4.62. The molecule has 0 aliphatic carbocycles. The van der Waals surface area contributed by atoms with Crippen molar-refractivity contribution < 1.29 is 27.1 Å². The Morgan fingerprint density at radius 2 is 1.91 bits per heavy atom. The van der Waals surface area contributed by atoms with Crippen LogP contribution >= 0.6 is 0 Å². The number of halogens is 4. The second-order valence-electron chi connectivity index (χ2n) is 7.95. The number of likely N-dealkylation sites (tertiary alicyclic amines) is 1. The third-order valence-corrected chi connectivity index (χ3v) is 5.79. The lowest BCUT2D eigenvalue weighted by Gasteiger charge is -2.33. The van der Waals surface area contributed by atoms with E-state index >= 15 is 0 Å². The molecule has 0 atom stereocenters. The zero-order valence-corrected chi connectivity index (χ0v) is 17.5. The first-order valence-electron chi connectivity index (χ1n) is 10.4. The normalized spacial score (nSPS) is 15.5. The van der Waals surface area contributed by atoms with Gasteiger partial charge in [0.05, 0.1) is 23.0 Å². The van der Waals surface area contributed by atoms with Gasteiger partial charge in [0.15, 0.2) is 0 Å². The quantitative estimate of drug-likeness (QED) is 0.529. The monoisotopic (exact) mass is 449 g/mol. The second kappa shape index (κ2) is 8.90. The smallest absolute Gasteiger partial charge is 0.377 e. The van der Waals surface area contributed by atoms with Gasteiger partial charge in [-0.15, -0.1) is 0 Å². The summed E-state index contributed by atoms with van der Waals surface area (Å²) in [7, 11) is 1.51. The molecule has 1 fully saturated rings. The van der Waals surface area contributed by atoms with E-state index < -0.39 is 11.7 Å². The van der Waals surface area contributed by atoms with Crippen LogP contribution < -0.4 is 0 Å². The molecule has 9 heteroatoms. The number of benzene rings is 2. The van der Waals surface area contributed by atoms with Crippen molar-refractivity contribution in [1.82, 2.24) is 14.5 Å². The molecule has 170 valence electrons. The van der Waals surface area contributed by atoms with Crippen LogP contribution in [0.15, 0.2) is 42.5 Å². The highest BCUT2D eigenvalue weighted by Crippen LogP contribution is 2.34. The summed E-state index contributed by atoms with van der Waals surface area (Å²) in [5.74, 6) is 0.114. The summed E-state index contributed by atoms with van der Waals surface area (Å²) < 4.78 is 59.9. The molecule has 1 amide bonds. The van der Waals surface area contributed by atoms with Crippen molar-refractivity contribution in [1.29, 1.82) is 0 Å². The molecule has 0 saturated carbocycles. The molecule has 1 saturated heterocycles. The van der Waals surface area contributed by atoms with Crippen molar-refractivity contribution in [2.75, 3.05) is 20.2 Å². The molecule has 0 bridgehead atoms. The molecule has 5 nitrogen and oxygen atoms in total. The van der Waals surface area contributed by atoms with Crippen molar-refractivity contribution in [2.24, 2.45) is 0 Å². The second-order valence-corrected chi connectivity index (χ2v) is 7.95. The molecule has 0 spiro atoms. The molecule has 2 aromatic carbocycles. The standard InChI is InChI=1S/C23H23F4N3O2/c1-32-14-21-28-19-13-16(23(25,26)27)5-6-20(19)30(21)18-7-9-29(10-8-18)22(31)12-15-3-2-4-17(24)11-15/h2-6,11,13,18H,7-10,12,14H2,1H3. The number of carbonyl (C=O) groups is 1. The number of aromatic nitrogens is 2. The molecular formula is C23H23F4N3O2. The number of rotatable bonds is 5. The molecule has 1 aliphatic rings. The van der Waals surface area contributed by atoms with E-state index in [0.29, 0.717) is 42.8 Å². The fourth-order valence-electron chi connectivity index (χ4n) is 4.27. The maximum absolute atomic E-state index is 13.4. The molecular weight excluding hydrogens is 426 g/mol. The Kier molecular flexibility index (Phi) is 6.19. The third-order valence-electron chi connectivity index (χ3n) is 5.79. The molecule has 32 heavy (non-hydrogen) atoms. The van der Waals surface area contributed by atoms with Crippen LogP contribution in [0.4, 0.5) is 17.6 Å². The first-order valence-corrected chi connectivity index (χ1v) is 10.4. The number of alkyl halides is 3. The van der Waals surface area contributed by atoms with Gasteiger partial charge in [0, 0.05) is 26.2 Å². The summed E-state index contributed by atoms with van der Waals surface area (Å²) in [6.45, 7) is 1.19. The minimum absolute atomic E-state index is 0.0138. The number of amides is 1. The van der Waals surface area contributed by atoms with Crippen LogP contribution in [0.3, 0.4) is 0 Å². The molecule has 1 aliphatic heterocycles. The summed E-state index contributed by atoms with van der Waals surface area (Å²) in [4.78, 5) is 18.8. The Morgan fingerprint density at radius 1 is 1.16 bits per heavy atom. The number of nitrogens with zero attached hydrogens (tertiary/aromatic N) is 3. The molecule has 4 rings (SSSR count). The number of ether oxygens (including phenoxy) is 1. The van der Waals surface area contributed by atoms with Crippen LogP contribution in [0.2, 0.25) is 0 Å². The minimum atomic E-state index is -4.44. The van der Waals surface area contributed by atoms with Crippen molar-refractivity contribution in [2.45, 2.75) is 38.1 Å². The van der Waals surface area contributed by atoms with Gasteiger partial charge < -0.3 is 14.2 Å². The predicted octanol–water partition coefficient (Wildman–Crippen LogP) is 4.75. The number of carbonyl (C=O) groups excluding carboxylic acids is 1. The zero-order valence-electron chi connectivity index (χ0n) is 17.5. The number of piperidine rings is 1. The van der Waals surface area contributed by atoms with Crippen LogP contribution in [0.5, 0.6) is 0 Å². The lowest BCUT2D eigenvalue weighted by atomic mass is 10.0. The summed E-state index contributed by atoms with van der Waals surface area (Å²) in [5.41, 5.74) is 0.781. The number of hydrogen-bond donors (Lipinski definition) is 0. The molecule has 0 radical (unpaired) electrons. The van der Waals surface area contributed by atoms with E-state index in [0.717, 1.165) is 12.1 Å². The zero-order chi connectivity index (χ0) is 22.9. The molecule has 3 aromatic rings. The highest BCUT2D eigenvalue weighted by Gasteiger charge is 2.32. The highest BCUT2D eigenvalue weighted by molar-refractivity contribution is 5.79. The van der Waals surface area contributed by atoms with Gasteiger partial charge in [-0.2, -0.15) is 13.2 Å². The summed E-state index contributed by atoms with van der Waals surface area (Å²) in [6.07, 6.45) is -3.03. The van der Waals surface area contributed by atoms with Gasteiger partial charge in [-0.25, -0.2) is 9.37 Å². The van der Waals surface area contributed by atoms with Crippen molar-refractivity contribution >= 4 is 16.9 Å². The Bertz CT molecular complexity index is 1120. The fraction of sp³-hybridized carbons (Fsp3) is 0.391. The average molecular weight is 449 g/mol. The van der Waals surface area contributed by atoms with Gasteiger partial charge in [0.25, 0.3) is 0 Å². The number of imidazole rings is 1. The average Bonchev–Trinajstić information content (AvgIpc) is 3.10. The van der Waals surface area contributed by atoms with Gasteiger partial charge in [-0.1, -0.05) is 12.1 Å². The van der Waals surface area contributed by atoms with E-state index in [1.54, 1.807) is 17.0 Å². The highest BCUT2D eigenvalue weighted by atomic mass is 19.4. The first kappa shape index (κ1) is 22.3. The molecule has 2 heterocycles. The summed E-state index contributed by atoms with van der Waals surface area (Å²) >= 11 is 0. The van der Waals surface area contributed by atoms with Gasteiger partial charge in [0.2, 0.25) is 5.91 Å². The van der Waals surface area contributed by atoms with Gasteiger partial charge in [-0.05, 0) is 48.7 Å². The lowest BCUT2D eigenvalue weighted by molar-refractivity contribution is -0.137. The van der Waals surface area contributed by atoms with Crippen molar-refractivity contribution in [3.05, 3.63) is 65.2 Å². The molecule has 0 N–H and O–H groups in total. The fourth-order valence-corrected chi connectivity index (χ4v) is 4.27.